The predicted octanol–water partition coefficient (Wildman–Crippen LogP) is -2.24. The smallest absolute Gasteiger partial charge is 0.398 e. The van der Waals surface area contributed by atoms with Gasteiger partial charge in [0, 0.05) is 20.0 Å². The number of ether oxygens (including phenoxy) is 1. The number of aromatic hydroxyl groups is 1. The van der Waals surface area contributed by atoms with Crippen LogP contribution in [0, 0.1) is 11.8 Å². The summed E-state index contributed by atoms with van der Waals surface area (Å²) in [5, 5.41) is 31.0. The van der Waals surface area contributed by atoms with Gasteiger partial charge in [-0.1, -0.05) is 58.2 Å². The second-order valence-corrected chi connectivity index (χ2v) is 19.4. The molecule has 2 aliphatic rings. The highest BCUT2D eigenvalue weighted by Crippen LogP contribution is 2.29. The molecule has 3 rings (SSSR count). The van der Waals surface area contributed by atoms with Crippen molar-refractivity contribution in [3.8, 4) is 5.75 Å². The summed E-state index contributed by atoms with van der Waals surface area (Å²) in [4.78, 5) is 106. The Balaban J connectivity index is 2.31. The van der Waals surface area contributed by atoms with Crippen molar-refractivity contribution in [2.75, 3.05) is 20.2 Å². The summed E-state index contributed by atoms with van der Waals surface area (Å²) < 4.78 is 78.6. The van der Waals surface area contributed by atoms with Crippen molar-refractivity contribution in [2.45, 2.75) is 134 Å². The van der Waals surface area contributed by atoms with E-state index in [1.165, 1.54) is 25.2 Å². The van der Waals surface area contributed by atoms with Gasteiger partial charge in [0.05, 0.1) is 5.02 Å². The number of carbonyl (C=O) groups excluding carboxylic acids is 7. The third kappa shape index (κ3) is 16.9. The number of nitrogens with zero attached hydrogens (tertiary/aromatic N) is 3. The van der Waals surface area contributed by atoms with Crippen molar-refractivity contribution in [3.05, 3.63) is 28.8 Å². The first-order chi connectivity index (χ1) is 32.5. The third-order valence-electron chi connectivity index (χ3n) is 11.8. The number of halogens is 1. The highest BCUT2D eigenvalue weighted by Gasteiger charge is 2.47. The lowest BCUT2D eigenvalue weighted by Crippen LogP contribution is -2.66. The fraction of sp³-hybridized carbons (Fsp3) is 0.650. The highest BCUT2D eigenvalue weighted by atomic mass is 35.5. The number of likely N-dealkylation sites (N-methyl/N-ethyl adjacent to an activating group) is 1. The van der Waals surface area contributed by atoms with Crippen molar-refractivity contribution in [2.24, 2.45) is 28.3 Å². The van der Waals surface area contributed by atoms with Gasteiger partial charge in [0.25, 0.3) is 5.91 Å². The SMILES string of the molecule is CC[C@@H](C)[C@@H]1C(=O)N(C)[C@@H](Cc2ccc(O)c(Cl)c2)C(=O)N[C@@H]([C@@H](C)CC)C(=O)O[C@@H](C)[C@H](NC(=O)[C@H](COS(=O)(=O)O)OS(=O)(=O)O)C(=O)N[C@@H](CCCN=C(N)N)C(=O)N[C@H]2CC[C@@H](O)N1C2=O. The zero-order valence-corrected chi connectivity index (χ0v) is 41.5. The number of cyclic esters (lactones) is 1. The molecule has 12 N–H and O–H groups in total. The van der Waals surface area contributed by atoms with E-state index in [0.717, 1.165) is 16.7 Å². The Bertz CT molecular complexity index is 2340. The predicted molar refractivity (Wildman–Crippen MR) is 245 cm³/mol. The molecular weight excluding hydrogens is 994 g/mol. The first kappa shape index (κ1) is 58.9. The number of esters is 1. The van der Waals surface area contributed by atoms with Gasteiger partial charge in [-0.25, -0.2) is 13.2 Å². The van der Waals surface area contributed by atoms with Crippen LogP contribution in [0.3, 0.4) is 0 Å². The van der Waals surface area contributed by atoms with Gasteiger partial charge in [-0.05, 0) is 62.1 Å². The van der Waals surface area contributed by atoms with Crippen LogP contribution >= 0.6 is 11.6 Å². The number of phenolic OH excluding ortho intramolecular Hbond substituents is 1. The summed E-state index contributed by atoms with van der Waals surface area (Å²) in [7, 11) is -9.72. The van der Waals surface area contributed by atoms with Crippen LogP contribution in [0.25, 0.3) is 0 Å². The summed E-state index contributed by atoms with van der Waals surface area (Å²) in [6, 6.07) is -5.83. The molecule has 1 aromatic rings. The van der Waals surface area contributed by atoms with E-state index in [1.54, 1.807) is 27.7 Å². The Labute approximate surface area is 409 Å². The lowest BCUT2D eigenvalue weighted by atomic mass is 9.91. The van der Waals surface area contributed by atoms with Crippen LogP contribution in [0.5, 0.6) is 5.75 Å². The fourth-order valence-electron chi connectivity index (χ4n) is 7.52. The molecule has 1 aromatic carbocycles. The Hall–Kier alpha value is -5.43. The average Bonchev–Trinajstić information content (AvgIpc) is 3.27. The van der Waals surface area contributed by atoms with Crippen molar-refractivity contribution < 1.29 is 82.8 Å². The molecule has 0 aromatic heterocycles. The number of hydrogen-bond donors (Lipinski definition) is 10. The fourth-order valence-corrected chi connectivity index (χ4v) is 8.46. The second kappa shape index (κ2) is 25.6. The summed E-state index contributed by atoms with van der Waals surface area (Å²) >= 11 is 6.21. The van der Waals surface area contributed by atoms with Crippen LogP contribution < -0.4 is 32.7 Å². The monoisotopic (exact) mass is 1060 g/mol. The first-order valence-corrected chi connectivity index (χ1v) is 25.1. The lowest BCUT2D eigenvalue weighted by molar-refractivity contribution is -0.168. The number of benzene rings is 1. The van der Waals surface area contributed by atoms with Gasteiger partial charge in [0.1, 0.15) is 60.9 Å². The van der Waals surface area contributed by atoms with Gasteiger partial charge < -0.3 is 57.5 Å². The van der Waals surface area contributed by atoms with E-state index in [9.17, 15) is 65.2 Å². The molecule has 0 spiro atoms. The lowest BCUT2D eigenvalue weighted by Gasteiger charge is -2.44. The molecule has 30 heteroatoms. The van der Waals surface area contributed by atoms with Crippen molar-refractivity contribution in [3.63, 3.8) is 0 Å². The zero-order chi connectivity index (χ0) is 53.0. The minimum Gasteiger partial charge on any atom is -0.506 e. The molecule has 2 saturated heterocycles. The molecule has 2 aliphatic heterocycles. The molecule has 0 aliphatic carbocycles. The number of nitrogens with two attached hydrogens (primary N) is 2. The van der Waals surface area contributed by atoms with Gasteiger partial charge in [0.2, 0.25) is 29.5 Å². The second-order valence-electron chi connectivity index (χ2n) is 16.9. The normalized spacial score (nSPS) is 26.0. The van der Waals surface area contributed by atoms with Crippen molar-refractivity contribution in [1.82, 2.24) is 31.1 Å². The molecule has 394 valence electrons. The summed E-state index contributed by atoms with van der Waals surface area (Å²) in [6.45, 7) is 5.89. The van der Waals surface area contributed by atoms with Gasteiger partial charge >= 0.3 is 26.8 Å². The largest absolute Gasteiger partial charge is 0.506 e. The molecule has 27 nitrogen and oxygen atoms in total. The number of guanidine groups is 1. The van der Waals surface area contributed by atoms with E-state index >= 15 is 0 Å². The topological polar surface area (TPSA) is 415 Å². The molecule has 2 heterocycles. The molecular formula is C40H62ClN9O18S2. The molecule has 6 amide bonds. The Morgan fingerprint density at radius 3 is 2.17 bits per heavy atom. The molecule has 2 bridgehead atoms. The van der Waals surface area contributed by atoms with Gasteiger partial charge in [-0.3, -0.25) is 42.9 Å². The maximum absolute atomic E-state index is 14.9. The molecule has 0 saturated carbocycles. The number of phenols is 1. The van der Waals surface area contributed by atoms with Crippen LogP contribution in [0.2, 0.25) is 5.02 Å². The number of aliphatic hydroxyl groups is 1. The number of piperidine rings is 1. The first-order valence-electron chi connectivity index (χ1n) is 22.0. The average molecular weight is 1060 g/mol. The van der Waals surface area contributed by atoms with E-state index in [0.29, 0.717) is 5.56 Å². The quantitative estimate of drug-likeness (QED) is 0.0259. The number of amides is 6. The molecule has 0 radical (unpaired) electrons. The number of fused-ring (bicyclic) bond motifs is 2. The summed E-state index contributed by atoms with van der Waals surface area (Å²) in [6.07, 6.45) is -6.60. The standard InChI is InChI=1S/C40H62ClN9O18S2/c1-7-19(3)30-39(59)67-21(5)31(48-35(55)28(68-70(63,64)65)18-66-69(60,61)62)36(56)45-24(10-9-15-44-40(42)43)33(53)46-25-12-14-29(52)50(37(25)57)32(20(4)8-2)38(58)49(6)26(34(54)47-30)17-22-11-13-27(51)23(41)16-22/h11,13,16,19-21,24-26,28-32,51-52H,7-10,12,14-15,17-18H2,1-6H3,(H,45,56)(H,46,53)(H,47,54)(H,48,55)(H4,42,43,44)(H,60,61,62)(H,63,64,65)/t19-,20+,21-,24-,25-,26-,28-,29+,30-,31-,32+/m0/s1. The number of carbonyl (C=O) groups is 7. The number of nitrogens with one attached hydrogen (secondary N) is 4. The Morgan fingerprint density at radius 2 is 1.60 bits per heavy atom. The van der Waals surface area contributed by atoms with Crippen LogP contribution in [-0.4, -0.2) is 168 Å². The Morgan fingerprint density at radius 1 is 0.957 bits per heavy atom. The van der Waals surface area contributed by atoms with E-state index in [-0.39, 0.29) is 68.2 Å². The number of aliphatic hydroxyl groups excluding tert-OH is 1. The molecule has 2 fully saturated rings. The minimum atomic E-state index is -5.60. The zero-order valence-electron chi connectivity index (χ0n) is 39.1. The van der Waals surface area contributed by atoms with Crippen LogP contribution in [0.15, 0.2) is 23.2 Å². The van der Waals surface area contributed by atoms with Crippen LogP contribution in [0.4, 0.5) is 0 Å². The number of aliphatic imine (C=N–C) groups is 1. The van der Waals surface area contributed by atoms with E-state index in [1.807, 2.05) is 5.32 Å². The van der Waals surface area contributed by atoms with Gasteiger partial charge in [-0.2, -0.15) is 16.8 Å². The number of hydrogen-bond acceptors (Lipinski definition) is 17. The van der Waals surface area contributed by atoms with Gasteiger partial charge in [-0.15, -0.1) is 0 Å². The van der Waals surface area contributed by atoms with E-state index in [4.69, 9.17) is 32.4 Å². The van der Waals surface area contributed by atoms with Crippen LogP contribution in [0.1, 0.15) is 78.7 Å². The maximum atomic E-state index is 14.9. The van der Waals surface area contributed by atoms with Crippen molar-refractivity contribution in [1.29, 1.82) is 0 Å². The van der Waals surface area contributed by atoms with E-state index in [2.05, 4.69) is 29.3 Å². The van der Waals surface area contributed by atoms with Crippen molar-refractivity contribution >= 4 is 79.8 Å². The Kier molecular flexibility index (Phi) is 21.5. The molecule has 70 heavy (non-hydrogen) atoms. The minimum absolute atomic E-state index is 0.0245. The molecule has 0 unspecified atom stereocenters. The van der Waals surface area contributed by atoms with Gasteiger partial charge in [0.15, 0.2) is 12.1 Å². The van der Waals surface area contributed by atoms with Crippen LogP contribution in [-0.2, 0) is 73.9 Å². The summed E-state index contributed by atoms with van der Waals surface area (Å²) in [5.74, 6) is -10.1. The third-order valence-corrected chi connectivity index (χ3v) is 13.0. The van der Waals surface area contributed by atoms with E-state index < -0.39 is 135 Å². The molecule has 11 atom stereocenters. The maximum Gasteiger partial charge on any atom is 0.398 e. The number of rotatable bonds is 17. The summed E-state index contributed by atoms with van der Waals surface area (Å²) in [5.41, 5.74) is 11.2. The highest BCUT2D eigenvalue weighted by molar-refractivity contribution is 7.81.